The van der Waals surface area contributed by atoms with Crippen molar-refractivity contribution in [1.29, 1.82) is 0 Å². The second-order valence-corrected chi connectivity index (χ2v) is 6.42. The maximum absolute atomic E-state index is 10.7. The van der Waals surface area contributed by atoms with Gasteiger partial charge in [-0.05, 0) is 49.7 Å². The van der Waals surface area contributed by atoms with Gasteiger partial charge in [0.05, 0.1) is 22.9 Å². The van der Waals surface area contributed by atoms with Crippen molar-refractivity contribution in [3.63, 3.8) is 0 Å². The second kappa shape index (κ2) is 10.4. The average molecular weight is 370 g/mol. The number of anilines is 1. The summed E-state index contributed by atoms with van der Waals surface area (Å²) in [5.74, 6) is 0. The van der Waals surface area contributed by atoms with Crippen molar-refractivity contribution in [3.05, 3.63) is 58.6 Å². The third kappa shape index (κ3) is 6.14. The minimum atomic E-state index is -0.445. The van der Waals surface area contributed by atoms with E-state index in [9.17, 15) is 15.2 Å². The van der Waals surface area contributed by atoms with Crippen LogP contribution in [-0.4, -0.2) is 29.2 Å². The number of nitro groups is 1. The molecule has 0 fully saturated rings. The number of non-ortho nitro benzene ring substituents is 1. The lowest BCUT2D eigenvalue weighted by Gasteiger charge is -2.30. The van der Waals surface area contributed by atoms with Crippen molar-refractivity contribution in [2.75, 3.05) is 18.1 Å². The van der Waals surface area contributed by atoms with E-state index >= 15 is 0 Å². The number of hydrogen-bond donors (Lipinski definition) is 1. The Morgan fingerprint density at radius 2 is 1.59 bits per heavy atom. The van der Waals surface area contributed by atoms with Gasteiger partial charge >= 0.3 is 0 Å². The van der Waals surface area contributed by atoms with Gasteiger partial charge in [-0.25, -0.2) is 0 Å². The van der Waals surface area contributed by atoms with Gasteiger partial charge in [-0.3, -0.25) is 10.1 Å². The highest BCUT2D eigenvalue weighted by Crippen LogP contribution is 2.25. The van der Waals surface area contributed by atoms with Crippen molar-refractivity contribution in [3.8, 4) is 0 Å². The Balaban J connectivity index is 2.06. The number of benzene rings is 2. The van der Waals surface area contributed by atoms with Crippen molar-refractivity contribution in [2.24, 2.45) is 10.2 Å². The van der Waals surface area contributed by atoms with Crippen LogP contribution in [0.4, 0.5) is 22.7 Å². The number of nitrogens with zero attached hydrogens (tertiary/aromatic N) is 4. The van der Waals surface area contributed by atoms with Gasteiger partial charge < -0.3 is 10.0 Å². The molecule has 1 N–H and O–H groups in total. The van der Waals surface area contributed by atoms with Gasteiger partial charge in [0.25, 0.3) is 5.69 Å². The zero-order valence-electron chi connectivity index (χ0n) is 15.8. The van der Waals surface area contributed by atoms with E-state index in [1.807, 2.05) is 31.2 Å². The first-order valence-corrected chi connectivity index (χ1v) is 9.19. The Hall–Kier alpha value is -2.80. The van der Waals surface area contributed by atoms with Gasteiger partial charge in [-0.1, -0.05) is 19.8 Å². The fraction of sp³-hybridized carbons (Fsp3) is 0.400. The van der Waals surface area contributed by atoms with Crippen LogP contribution in [0.3, 0.4) is 0 Å². The van der Waals surface area contributed by atoms with Crippen LogP contribution >= 0.6 is 0 Å². The molecule has 0 saturated heterocycles. The Bertz CT molecular complexity index is 745. The molecule has 0 heterocycles. The van der Waals surface area contributed by atoms with Crippen molar-refractivity contribution < 1.29 is 10.0 Å². The zero-order chi connectivity index (χ0) is 19.6. The van der Waals surface area contributed by atoms with Crippen molar-refractivity contribution in [1.82, 2.24) is 0 Å². The summed E-state index contributed by atoms with van der Waals surface area (Å²) < 4.78 is 0. The molecule has 0 aliphatic heterocycles. The van der Waals surface area contributed by atoms with Crippen LogP contribution < -0.4 is 4.90 Å². The summed E-state index contributed by atoms with van der Waals surface area (Å²) in [6.45, 7) is 5.19. The Morgan fingerprint density at radius 1 is 1.04 bits per heavy atom. The Morgan fingerprint density at radius 3 is 2.07 bits per heavy atom. The quantitative estimate of drug-likeness (QED) is 0.263. The molecular formula is C20H26N4O3. The van der Waals surface area contributed by atoms with Gasteiger partial charge in [0.2, 0.25) is 0 Å². The molecule has 1 atom stereocenters. The lowest BCUT2D eigenvalue weighted by atomic mass is 10.1. The maximum Gasteiger partial charge on any atom is 0.269 e. The predicted molar refractivity (Wildman–Crippen MR) is 107 cm³/mol. The molecule has 0 saturated carbocycles. The van der Waals surface area contributed by atoms with Crippen LogP contribution in [0.25, 0.3) is 0 Å². The molecule has 0 bridgehead atoms. The minimum Gasteiger partial charge on any atom is -0.394 e. The summed E-state index contributed by atoms with van der Waals surface area (Å²) in [5, 5.41) is 28.5. The molecule has 2 aromatic carbocycles. The van der Waals surface area contributed by atoms with Crippen LogP contribution in [0.2, 0.25) is 0 Å². The minimum absolute atomic E-state index is 0.0273. The topological polar surface area (TPSA) is 91.3 Å². The van der Waals surface area contributed by atoms with Crippen LogP contribution in [0.1, 0.15) is 33.1 Å². The summed E-state index contributed by atoms with van der Waals surface area (Å²) in [5.41, 5.74) is 2.32. The number of aliphatic hydroxyl groups excluding tert-OH is 1. The number of unbranched alkanes of at least 4 members (excludes halogenated alkanes) is 2. The van der Waals surface area contributed by atoms with Crippen LogP contribution in [0.15, 0.2) is 58.8 Å². The van der Waals surface area contributed by atoms with Gasteiger partial charge in [0, 0.05) is 30.4 Å². The zero-order valence-corrected chi connectivity index (χ0v) is 15.8. The molecule has 27 heavy (non-hydrogen) atoms. The smallest absolute Gasteiger partial charge is 0.269 e. The molecule has 0 aromatic heterocycles. The summed E-state index contributed by atoms with van der Waals surface area (Å²) >= 11 is 0. The average Bonchev–Trinajstić information content (AvgIpc) is 2.70. The van der Waals surface area contributed by atoms with E-state index in [4.69, 9.17) is 0 Å². The fourth-order valence-corrected chi connectivity index (χ4v) is 2.70. The van der Waals surface area contributed by atoms with Crippen LogP contribution in [0.5, 0.6) is 0 Å². The SMILES string of the molecule is CCCCCN(c1ccc(/N=N/c2ccc([N+](=O)[O-])cc2)cc1)C(C)CO. The largest absolute Gasteiger partial charge is 0.394 e. The van der Waals surface area contributed by atoms with Crippen LogP contribution in [-0.2, 0) is 0 Å². The monoisotopic (exact) mass is 370 g/mol. The molecule has 0 spiro atoms. The molecule has 0 amide bonds. The number of rotatable bonds is 10. The highest BCUT2D eigenvalue weighted by Gasteiger charge is 2.13. The summed E-state index contributed by atoms with van der Waals surface area (Å²) in [7, 11) is 0. The van der Waals surface area contributed by atoms with Gasteiger partial charge in [0.15, 0.2) is 0 Å². The summed E-state index contributed by atoms with van der Waals surface area (Å²) in [6.07, 6.45) is 3.40. The molecular weight excluding hydrogens is 344 g/mol. The summed E-state index contributed by atoms with van der Waals surface area (Å²) in [6, 6.07) is 13.7. The first-order valence-electron chi connectivity index (χ1n) is 9.19. The lowest BCUT2D eigenvalue weighted by Crippen LogP contribution is -2.36. The third-order valence-electron chi connectivity index (χ3n) is 4.32. The molecule has 7 nitrogen and oxygen atoms in total. The van der Waals surface area contributed by atoms with Gasteiger partial charge in [-0.2, -0.15) is 10.2 Å². The van der Waals surface area contributed by atoms with Crippen molar-refractivity contribution >= 4 is 22.7 Å². The maximum atomic E-state index is 10.7. The molecule has 2 rings (SSSR count). The molecule has 0 aliphatic carbocycles. The number of aliphatic hydroxyl groups is 1. The van der Waals surface area contributed by atoms with E-state index in [0.717, 1.165) is 31.5 Å². The van der Waals surface area contributed by atoms with E-state index in [1.165, 1.54) is 12.1 Å². The molecule has 7 heteroatoms. The first-order chi connectivity index (χ1) is 13.0. The van der Waals surface area contributed by atoms with Gasteiger partial charge in [0.1, 0.15) is 0 Å². The predicted octanol–water partition coefficient (Wildman–Crippen LogP) is 5.39. The highest BCUT2D eigenvalue weighted by molar-refractivity contribution is 5.53. The van der Waals surface area contributed by atoms with E-state index in [-0.39, 0.29) is 18.3 Å². The second-order valence-electron chi connectivity index (χ2n) is 6.42. The lowest BCUT2D eigenvalue weighted by molar-refractivity contribution is -0.384. The third-order valence-corrected chi connectivity index (χ3v) is 4.32. The first kappa shape index (κ1) is 20.5. The highest BCUT2D eigenvalue weighted by atomic mass is 16.6. The molecule has 1 unspecified atom stereocenters. The number of hydrogen-bond acceptors (Lipinski definition) is 6. The van der Waals surface area contributed by atoms with E-state index < -0.39 is 4.92 Å². The fourth-order valence-electron chi connectivity index (χ4n) is 2.70. The van der Waals surface area contributed by atoms with Gasteiger partial charge in [-0.15, -0.1) is 0 Å². The van der Waals surface area contributed by atoms with E-state index in [2.05, 4.69) is 22.1 Å². The van der Waals surface area contributed by atoms with Crippen molar-refractivity contribution in [2.45, 2.75) is 39.2 Å². The molecule has 144 valence electrons. The van der Waals surface area contributed by atoms with Crippen LogP contribution in [0, 0.1) is 10.1 Å². The number of nitro benzene ring substituents is 1. The molecule has 0 radical (unpaired) electrons. The van der Waals surface area contributed by atoms with E-state index in [1.54, 1.807) is 12.1 Å². The standard InChI is InChI=1S/C20H26N4O3/c1-3-4-5-14-23(16(2)15-25)19-10-6-17(7-11-19)21-22-18-8-12-20(13-9-18)24(26)27/h6-13,16,25H,3-5,14-15H2,1-2H3/b22-21+. The normalized spacial score (nSPS) is 12.3. The molecule has 2 aromatic rings. The summed E-state index contributed by atoms with van der Waals surface area (Å²) in [4.78, 5) is 12.4. The Labute approximate surface area is 159 Å². The van der Waals surface area contributed by atoms with E-state index in [0.29, 0.717) is 11.4 Å². The number of azo groups is 1. The Kier molecular flexibility index (Phi) is 7.88. The molecule has 0 aliphatic rings.